The molecule has 6 heteroatoms. The van der Waals surface area contributed by atoms with E-state index in [1.165, 1.54) is 0 Å². The first-order chi connectivity index (χ1) is 11.6. The van der Waals surface area contributed by atoms with E-state index in [0.29, 0.717) is 23.0 Å². The van der Waals surface area contributed by atoms with E-state index < -0.39 is 5.97 Å². The number of hydrogen-bond donors (Lipinski definition) is 0. The van der Waals surface area contributed by atoms with Gasteiger partial charge in [-0.3, -0.25) is 9.36 Å². The monoisotopic (exact) mass is 346 g/mol. The minimum atomic E-state index is -0.507. The van der Waals surface area contributed by atoms with Gasteiger partial charge in [0.25, 0.3) is 5.56 Å². The molecular weight excluding hydrogens is 328 g/mol. The fraction of sp³-hybridized carbons (Fsp3) is 0.389. The van der Waals surface area contributed by atoms with Crippen LogP contribution in [0.4, 0.5) is 0 Å². The average Bonchev–Trinajstić information content (AvgIpc) is 2.54. The molecule has 0 saturated heterocycles. The van der Waals surface area contributed by atoms with Crippen molar-refractivity contribution in [3.8, 4) is 0 Å². The van der Waals surface area contributed by atoms with Crippen LogP contribution in [0.25, 0.3) is 10.9 Å². The van der Waals surface area contributed by atoms with E-state index >= 15 is 0 Å². The number of aryl methyl sites for hydroxylation is 1. The van der Waals surface area contributed by atoms with Crippen LogP contribution >= 0.6 is 11.6 Å². The van der Waals surface area contributed by atoms with Gasteiger partial charge in [-0.2, -0.15) is 0 Å². The maximum absolute atomic E-state index is 12.7. The number of esters is 1. The predicted molar refractivity (Wildman–Crippen MR) is 93.5 cm³/mol. The Hall–Kier alpha value is -2.14. The molecule has 0 aliphatic carbocycles. The van der Waals surface area contributed by atoms with Gasteiger partial charge in [0.15, 0.2) is 0 Å². The zero-order valence-corrected chi connectivity index (χ0v) is 14.1. The maximum Gasteiger partial charge on any atom is 0.338 e. The lowest BCUT2D eigenvalue weighted by Crippen LogP contribution is -2.26. The second-order valence-electron chi connectivity index (χ2n) is 5.97. The van der Waals surface area contributed by atoms with E-state index in [0.717, 1.165) is 37.9 Å². The number of rotatable bonds is 3. The molecule has 1 aromatic heterocycles. The molecule has 1 aliphatic rings. The van der Waals surface area contributed by atoms with E-state index in [4.69, 9.17) is 16.3 Å². The average molecular weight is 347 g/mol. The van der Waals surface area contributed by atoms with Gasteiger partial charge in [0.05, 0.1) is 16.5 Å². The highest BCUT2D eigenvalue weighted by molar-refractivity contribution is 6.29. The van der Waals surface area contributed by atoms with E-state index in [2.05, 4.69) is 11.6 Å². The molecule has 3 rings (SSSR count). The summed E-state index contributed by atoms with van der Waals surface area (Å²) in [7, 11) is 0. The third kappa shape index (κ3) is 3.51. The topological polar surface area (TPSA) is 61.2 Å². The van der Waals surface area contributed by atoms with Crippen LogP contribution in [0.5, 0.6) is 0 Å². The van der Waals surface area contributed by atoms with Crippen LogP contribution < -0.4 is 5.56 Å². The van der Waals surface area contributed by atoms with Crippen LogP contribution in [0, 0.1) is 0 Å². The quantitative estimate of drug-likeness (QED) is 0.799. The highest BCUT2D eigenvalue weighted by Gasteiger charge is 2.15. The van der Waals surface area contributed by atoms with Gasteiger partial charge in [0, 0.05) is 18.0 Å². The Morgan fingerprint density at radius 3 is 2.88 bits per heavy atom. The van der Waals surface area contributed by atoms with Gasteiger partial charge in [-0.25, -0.2) is 9.78 Å². The standard InChI is InChI=1S/C18H19ClN2O3/c1-12(19)11-24-18(23)13-7-8-14-15(10-13)20-16-6-4-2-3-5-9-21(16)17(14)22/h7-8,10H,1-6,9,11H2. The maximum atomic E-state index is 12.7. The van der Waals surface area contributed by atoms with Gasteiger partial charge in [-0.05, 0) is 31.0 Å². The smallest absolute Gasteiger partial charge is 0.338 e. The summed E-state index contributed by atoms with van der Waals surface area (Å²) in [5, 5.41) is 0.777. The zero-order valence-electron chi connectivity index (χ0n) is 13.4. The summed E-state index contributed by atoms with van der Waals surface area (Å²) in [6.07, 6.45) is 5.10. The first-order valence-corrected chi connectivity index (χ1v) is 8.48. The normalized spacial score (nSPS) is 14.5. The molecule has 0 saturated carbocycles. The number of carbonyl (C=O) groups is 1. The number of hydrogen-bond acceptors (Lipinski definition) is 4. The van der Waals surface area contributed by atoms with Gasteiger partial charge >= 0.3 is 5.97 Å². The van der Waals surface area contributed by atoms with E-state index in [1.54, 1.807) is 22.8 Å². The molecule has 2 heterocycles. The Labute approximate surface area is 144 Å². The van der Waals surface area contributed by atoms with Crippen molar-refractivity contribution < 1.29 is 9.53 Å². The first kappa shape index (κ1) is 16.7. The summed E-state index contributed by atoms with van der Waals surface area (Å²) < 4.78 is 6.81. The second-order valence-corrected chi connectivity index (χ2v) is 6.51. The predicted octanol–water partition coefficient (Wildman–Crippen LogP) is 3.42. The largest absolute Gasteiger partial charge is 0.456 e. The Morgan fingerprint density at radius 1 is 1.29 bits per heavy atom. The summed E-state index contributed by atoms with van der Waals surface area (Å²) in [5.74, 6) is 0.291. The van der Waals surface area contributed by atoms with Crippen molar-refractivity contribution in [2.75, 3.05) is 6.61 Å². The van der Waals surface area contributed by atoms with Crippen molar-refractivity contribution >= 4 is 28.5 Å². The number of ether oxygens (including phenoxy) is 1. The van der Waals surface area contributed by atoms with Crippen molar-refractivity contribution in [2.24, 2.45) is 0 Å². The first-order valence-electron chi connectivity index (χ1n) is 8.10. The highest BCUT2D eigenvalue weighted by Crippen LogP contribution is 2.17. The van der Waals surface area contributed by atoms with Gasteiger partial charge in [-0.1, -0.05) is 31.0 Å². The number of benzene rings is 1. The van der Waals surface area contributed by atoms with E-state index in [1.807, 2.05) is 0 Å². The van der Waals surface area contributed by atoms with Crippen molar-refractivity contribution in [1.82, 2.24) is 9.55 Å². The molecule has 24 heavy (non-hydrogen) atoms. The Kier molecular flexibility index (Phi) is 5.00. The van der Waals surface area contributed by atoms with Crippen molar-refractivity contribution in [3.05, 3.63) is 51.6 Å². The lowest BCUT2D eigenvalue weighted by molar-refractivity contribution is 0.0546. The number of nitrogens with zero attached hydrogens (tertiary/aromatic N) is 2. The SMILES string of the molecule is C=C(Cl)COC(=O)c1ccc2c(=O)n3c(nc2c1)CCCCCC3. The molecule has 0 N–H and O–H groups in total. The summed E-state index contributed by atoms with van der Waals surface area (Å²) in [6, 6.07) is 4.83. The second kappa shape index (κ2) is 7.18. The van der Waals surface area contributed by atoms with Crippen molar-refractivity contribution in [2.45, 2.75) is 38.6 Å². The lowest BCUT2D eigenvalue weighted by atomic mass is 10.1. The van der Waals surface area contributed by atoms with Crippen LogP contribution in [0.1, 0.15) is 41.9 Å². The van der Waals surface area contributed by atoms with Crippen LogP contribution in [-0.4, -0.2) is 22.1 Å². The molecule has 126 valence electrons. The summed E-state index contributed by atoms with van der Waals surface area (Å²) in [4.78, 5) is 29.4. The minimum absolute atomic E-state index is 0.0362. The number of halogens is 1. The van der Waals surface area contributed by atoms with Gasteiger partial charge < -0.3 is 4.74 Å². The molecule has 2 aromatic rings. The molecule has 0 atom stereocenters. The molecule has 0 radical (unpaired) electrons. The molecular formula is C18H19ClN2O3. The molecule has 0 unspecified atom stereocenters. The van der Waals surface area contributed by atoms with E-state index in [9.17, 15) is 9.59 Å². The number of aromatic nitrogens is 2. The molecule has 0 amide bonds. The summed E-state index contributed by atoms with van der Waals surface area (Å²) >= 11 is 5.61. The number of fused-ring (bicyclic) bond motifs is 2. The van der Waals surface area contributed by atoms with Crippen LogP contribution in [-0.2, 0) is 17.7 Å². The van der Waals surface area contributed by atoms with Crippen molar-refractivity contribution in [3.63, 3.8) is 0 Å². The van der Waals surface area contributed by atoms with Gasteiger partial charge in [0.2, 0.25) is 0 Å². The number of carbonyl (C=O) groups excluding carboxylic acids is 1. The third-order valence-electron chi connectivity index (χ3n) is 4.16. The van der Waals surface area contributed by atoms with Crippen LogP contribution in [0.3, 0.4) is 0 Å². The van der Waals surface area contributed by atoms with Gasteiger partial charge in [-0.15, -0.1) is 0 Å². The zero-order chi connectivity index (χ0) is 17.1. The molecule has 0 fully saturated rings. The Bertz CT molecular complexity index is 857. The summed E-state index contributed by atoms with van der Waals surface area (Å²) in [5.41, 5.74) is 0.847. The summed E-state index contributed by atoms with van der Waals surface area (Å²) in [6.45, 7) is 4.14. The Morgan fingerprint density at radius 2 is 2.08 bits per heavy atom. The highest BCUT2D eigenvalue weighted by atomic mass is 35.5. The molecule has 1 aliphatic heterocycles. The molecule has 1 aromatic carbocycles. The molecule has 0 bridgehead atoms. The lowest BCUT2D eigenvalue weighted by Gasteiger charge is -2.16. The third-order valence-corrected chi connectivity index (χ3v) is 4.27. The molecule has 0 spiro atoms. The van der Waals surface area contributed by atoms with Crippen LogP contribution in [0.2, 0.25) is 0 Å². The minimum Gasteiger partial charge on any atom is -0.456 e. The molecule has 5 nitrogen and oxygen atoms in total. The van der Waals surface area contributed by atoms with Gasteiger partial charge in [0.1, 0.15) is 12.4 Å². The van der Waals surface area contributed by atoms with Crippen LogP contribution in [0.15, 0.2) is 34.6 Å². The van der Waals surface area contributed by atoms with Crippen molar-refractivity contribution in [1.29, 1.82) is 0 Å². The Balaban J connectivity index is 2.00. The fourth-order valence-corrected chi connectivity index (χ4v) is 3.00. The fourth-order valence-electron chi connectivity index (χ4n) is 2.95. The van der Waals surface area contributed by atoms with E-state index in [-0.39, 0.29) is 17.2 Å².